The first-order valence-corrected chi connectivity index (χ1v) is 18.9. The lowest BCUT2D eigenvalue weighted by molar-refractivity contribution is 0.606. The van der Waals surface area contributed by atoms with E-state index in [1.165, 1.54) is 99.0 Å². The van der Waals surface area contributed by atoms with Crippen molar-refractivity contribution in [3.05, 3.63) is 181 Å². The van der Waals surface area contributed by atoms with Crippen molar-refractivity contribution in [1.29, 1.82) is 0 Å². The summed E-state index contributed by atoms with van der Waals surface area (Å²) in [6.07, 6.45) is 0.936. The molecule has 3 nitrogen and oxygen atoms in total. The van der Waals surface area contributed by atoms with Gasteiger partial charge >= 0.3 is 0 Å². The van der Waals surface area contributed by atoms with Gasteiger partial charge in [-0.25, -0.2) is 0 Å². The van der Waals surface area contributed by atoms with E-state index >= 15 is 0 Å². The van der Waals surface area contributed by atoms with E-state index in [0.717, 1.165) is 17.8 Å². The minimum atomic E-state index is 0.293. The summed E-state index contributed by atoms with van der Waals surface area (Å²) in [5.74, 6) is 1.31. The van der Waals surface area contributed by atoms with Crippen molar-refractivity contribution in [2.45, 2.75) is 19.3 Å². The minimum absolute atomic E-state index is 0.293. The van der Waals surface area contributed by atoms with Gasteiger partial charge in [0.15, 0.2) is 0 Å². The first kappa shape index (κ1) is 29.7. The molecule has 1 atom stereocenters. The largest absolute Gasteiger partial charge is 0.456 e. The molecule has 11 aromatic rings. The summed E-state index contributed by atoms with van der Waals surface area (Å²) in [6, 6.07) is 62.1. The van der Waals surface area contributed by atoms with Gasteiger partial charge in [0.2, 0.25) is 0 Å². The molecule has 0 fully saturated rings. The first-order valence-electron chi connectivity index (χ1n) is 18.9. The van der Waals surface area contributed by atoms with Gasteiger partial charge in [-0.15, -0.1) is 0 Å². The summed E-state index contributed by atoms with van der Waals surface area (Å²) >= 11 is 0. The molecule has 3 aromatic heterocycles. The zero-order valence-corrected chi connectivity index (χ0v) is 29.8. The lowest BCUT2D eigenvalue weighted by Crippen LogP contribution is -2.11. The summed E-state index contributed by atoms with van der Waals surface area (Å²) in [4.78, 5) is 0. The molecule has 3 heterocycles. The van der Waals surface area contributed by atoms with Crippen LogP contribution in [0.1, 0.15) is 24.1 Å². The van der Waals surface area contributed by atoms with E-state index in [-0.39, 0.29) is 0 Å². The number of rotatable bonds is 3. The van der Waals surface area contributed by atoms with Crippen molar-refractivity contribution < 1.29 is 4.42 Å². The quantitative estimate of drug-likeness (QED) is 0.181. The lowest BCUT2D eigenvalue weighted by atomic mass is 9.85. The maximum atomic E-state index is 6.82. The second-order valence-electron chi connectivity index (χ2n) is 15.0. The van der Waals surface area contributed by atoms with Gasteiger partial charge in [-0.05, 0) is 88.3 Å². The molecule has 0 saturated carbocycles. The van der Waals surface area contributed by atoms with Gasteiger partial charge in [-0.3, -0.25) is 0 Å². The smallest absolute Gasteiger partial charge is 0.141 e. The summed E-state index contributed by atoms with van der Waals surface area (Å²) in [6.45, 7) is 2.38. The Labute approximate surface area is 311 Å². The van der Waals surface area contributed by atoms with Crippen LogP contribution >= 0.6 is 0 Å². The predicted molar refractivity (Wildman–Crippen MR) is 225 cm³/mol. The molecule has 254 valence electrons. The van der Waals surface area contributed by atoms with E-state index in [1.54, 1.807) is 0 Å². The molecule has 0 aliphatic heterocycles. The van der Waals surface area contributed by atoms with Gasteiger partial charge in [0.1, 0.15) is 11.3 Å². The van der Waals surface area contributed by atoms with E-state index < -0.39 is 0 Å². The Morgan fingerprint density at radius 3 is 1.98 bits per heavy atom. The van der Waals surface area contributed by atoms with Gasteiger partial charge in [-0.1, -0.05) is 122 Å². The highest BCUT2D eigenvalue weighted by molar-refractivity contribution is 6.11. The minimum Gasteiger partial charge on any atom is -0.456 e. The van der Waals surface area contributed by atoms with Crippen molar-refractivity contribution >= 4 is 65.2 Å². The highest BCUT2D eigenvalue weighted by Gasteiger charge is 2.34. The SMILES string of the molecule is CC1Cc2c(oc3ccccc23)-c2c1n(-c1cccc3ccccc13)c1ccc(-c3ccc4c(c3)c3ccccc3n4-c3ccc4ccccc4c3)cc21. The Bertz CT molecular complexity index is 3330. The van der Waals surface area contributed by atoms with Crippen molar-refractivity contribution in [1.82, 2.24) is 9.13 Å². The first-order chi connectivity index (χ1) is 26.7. The highest BCUT2D eigenvalue weighted by Crippen LogP contribution is 2.51. The number of furan rings is 1. The van der Waals surface area contributed by atoms with Gasteiger partial charge in [-0.2, -0.15) is 0 Å². The molecule has 1 unspecified atom stereocenters. The third-order valence-electron chi connectivity index (χ3n) is 11.9. The van der Waals surface area contributed by atoms with Crippen LogP contribution in [-0.2, 0) is 6.42 Å². The van der Waals surface area contributed by atoms with Gasteiger partial charge in [0, 0.05) is 55.4 Å². The van der Waals surface area contributed by atoms with Crippen molar-refractivity contribution in [2.75, 3.05) is 0 Å². The number of hydrogen-bond acceptors (Lipinski definition) is 1. The van der Waals surface area contributed by atoms with Crippen LogP contribution in [-0.4, -0.2) is 9.13 Å². The molecule has 54 heavy (non-hydrogen) atoms. The molecule has 1 aliphatic carbocycles. The van der Waals surface area contributed by atoms with Crippen LogP contribution in [0.15, 0.2) is 174 Å². The van der Waals surface area contributed by atoms with Crippen LogP contribution < -0.4 is 0 Å². The van der Waals surface area contributed by atoms with Crippen LogP contribution in [0.25, 0.3) is 99.0 Å². The zero-order chi connectivity index (χ0) is 35.5. The third-order valence-corrected chi connectivity index (χ3v) is 11.9. The number of nitrogens with zero attached hydrogens (tertiary/aromatic N) is 2. The summed E-state index contributed by atoms with van der Waals surface area (Å²) in [5, 5.41) is 9.93. The molecule has 8 aromatic carbocycles. The number of para-hydroxylation sites is 2. The van der Waals surface area contributed by atoms with Crippen molar-refractivity contribution in [3.8, 4) is 33.8 Å². The second-order valence-corrected chi connectivity index (χ2v) is 15.0. The fourth-order valence-corrected chi connectivity index (χ4v) is 9.51. The molecule has 0 saturated heterocycles. The van der Waals surface area contributed by atoms with E-state index in [9.17, 15) is 0 Å². The Balaban J connectivity index is 1.11. The van der Waals surface area contributed by atoms with E-state index in [4.69, 9.17) is 4.42 Å². The number of hydrogen-bond donors (Lipinski definition) is 0. The van der Waals surface area contributed by atoms with Crippen LogP contribution in [0.5, 0.6) is 0 Å². The maximum Gasteiger partial charge on any atom is 0.141 e. The summed E-state index contributed by atoms with van der Waals surface area (Å²) < 4.78 is 11.8. The van der Waals surface area contributed by atoms with Gasteiger partial charge in [0.25, 0.3) is 0 Å². The van der Waals surface area contributed by atoms with Crippen molar-refractivity contribution in [2.24, 2.45) is 0 Å². The van der Waals surface area contributed by atoms with Gasteiger partial charge < -0.3 is 13.6 Å². The standard InChI is InChI=1S/C51H34N2O/c1-31-27-42-40-17-7-9-20-48(40)54-51(42)49-43-30-36(23-26-47(43)53(50(31)49)44-19-10-14-33-12-4-5-15-38(33)44)35-22-25-46-41(29-35)39-16-6-8-18-45(39)52(46)37-24-21-32-11-2-3-13-34(32)28-37/h2-26,28-31H,27H2,1H3. The van der Waals surface area contributed by atoms with Crippen LogP contribution in [0.2, 0.25) is 0 Å². The fourth-order valence-electron chi connectivity index (χ4n) is 9.51. The average molecular weight is 691 g/mol. The molecule has 0 radical (unpaired) electrons. The molecule has 0 bridgehead atoms. The van der Waals surface area contributed by atoms with Crippen LogP contribution in [0, 0.1) is 0 Å². The van der Waals surface area contributed by atoms with Gasteiger partial charge in [0.05, 0.1) is 22.2 Å². The topological polar surface area (TPSA) is 23.0 Å². The summed E-state index contributed by atoms with van der Waals surface area (Å²) in [5.41, 5.74) is 13.2. The van der Waals surface area contributed by atoms with E-state index in [2.05, 4.69) is 186 Å². The maximum absolute atomic E-state index is 6.82. The molecular formula is C51H34N2O. The number of benzene rings is 8. The summed E-state index contributed by atoms with van der Waals surface area (Å²) in [7, 11) is 0. The van der Waals surface area contributed by atoms with E-state index in [1.807, 2.05) is 0 Å². The molecular weight excluding hydrogens is 657 g/mol. The molecule has 0 spiro atoms. The lowest BCUT2D eigenvalue weighted by Gasteiger charge is -2.23. The Kier molecular flexibility index (Phi) is 6.10. The molecule has 3 heteroatoms. The Morgan fingerprint density at radius 1 is 0.481 bits per heavy atom. The fraction of sp³-hybridized carbons (Fsp3) is 0.0588. The molecule has 0 N–H and O–H groups in total. The normalized spacial score (nSPS) is 14.1. The Hall–Kier alpha value is -6.84. The second kappa shape index (κ2) is 11.1. The monoisotopic (exact) mass is 690 g/mol. The van der Waals surface area contributed by atoms with Crippen molar-refractivity contribution in [3.63, 3.8) is 0 Å². The van der Waals surface area contributed by atoms with Crippen LogP contribution in [0.3, 0.4) is 0 Å². The zero-order valence-electron chi connectivity index (χ0n) is 29.8. The molecule has 1 aliphatic rings. The van der Waals surface area contributed by atoms with E-state index in [0.29, 0.717) is 5.92 Å². The average Bonchev–Trinajstić information content (AvgIpc) is 3.88. The molecule has 0 amide bonds. The Morgan fingerprint density at radius 2 is 1.13 bits per heavy atom. The number of aromatic nitrogens is 2. The third kappa shape index (κ3) is 4.12. The highest BCUT2D eigenvalue weighted by atomic mass is 16.3. The van der Waals surface area contributed by atoms with Crippen LogP contribution in [0.4, 0.5) is 0 Å². The predicted octanol–water partition coefficient (Wildman–Crippen LogP) is 13.8. The number of fused-ring (bicyclic) bond motifs is 12. The molecule has 12 rings (SSSR count).